The molecule has 0 saturated carbocycles. The van der Waals surface area contributed by atoms with Crippen LogP contribution in [0.5, 0.6) is 0 Å². The zero-order valence-electron chi connectivity index (χ0n) is 3.02. The summed E-state index contributed by atoms with van der Waals surface area (Å²) in [7, 11) is 0. The summed E-state index contributed by atoms with van der Waals surface area (Å²) in [5.41, 5.74) is 0. The summed E-state index contributed by atoms with van der Waals surface area (Å²) in [5, 5.41) is 0. The second kappa shape index (κ2) is 116. The number of hydrogen-bond acceptors (Lipinski definition) is 0. The van der Waals surface area contributed by atoms with E-state index in [4.69, 9.17) is 0 Å². The van der Waals surface area contributed by atoms with Crippen LogP contribution in [0.2, 0.25) is 0 Å². The molecule has 8 N–H and O–H groups in total. The zero-order chi connectivity index (χ0) is 0. The molecule has 0 saturated heterocycles. The minimum absolute atomic E-state index is 0. The minimum atomic E-state index is 0. The van der Waals surface area contributed by atoms with E-state index < -0.39 is 0 Å². The molecule has 34 valence electrons. The third kappa shape index (κ3) is 62.6. The molecule has 0 unspecified atom stereocenters. The van der Waals surface area contributed by atoms with Crippen molar-refractivity contribution in [3.63, 3.8) is 0 Å². The normalized spacial score (nSPS) is 0. The molecule has 0 aliphatic rings. The van der Waals surface area contributed by atoms with Gasteiger partial charge in [0.1, 0.15) is 0 Å². The van der Waals surface area contributed by atoms with Gasteiger partial charge in [-0.15, -0.1) is 0 Å². The molecular weight excluding hydrogens is 168 g/mol. The van der Waals surface area contributed by atoms with Crippen LogP contribution >= 0.6 is 0 Å². The van der Waals surface area contributed by atoms with Crippen molar-refractivity contribution >= 4 is 0 Å². The fraction of sp³-hybridized carbons (Fsp3) is 0. The number of rotatable bonds is 0. The maximum Gasteiger partial charge on any atom is 0 e. The predicted octanol–water partition coefficient (Wildman–Crippen LogP) is 2.87. The van der Waals surface area contributed by atoms with E-state index in [1.54, 1.807) is 0 Å². The van der Waals surface area contributed by atoms with Crippen molar-refractivity contribution < 1.29 is 27.3 Å². The molecule has 0 radical (unpaired) electrons. The van der Waals surface area contributed by atoms with E-state index in [0.717, 1.165) is 0 Å². The van der Waals surface area contributed by atoms with E-state index in [9.17, 15) is 0 Å². The molecule has 5 heavy (non-hydrogen) atoms. The first-order valence-corrected chi connectivity index (χ1v) is 0. The standard InChI is InChI=1S/Cd.4H2N/h;4*1H2/q;4*-1. The first-order valence-electron chi connectivity index (χ1n) is 0. The zero-order valence-corrected chi connectivity index (χ0v) is 7.05. The van der Waals surface area contributed by atoms with E-state index in [2.05, 4.69) is 0 Å². The fourth-order valence-electron chi connectivity index (χ4n) is 0. The smallest absolute Gasteiger partial charge is 0 e. The number of nitrogens with two attached hydrogens (primary N) is 4. The van der Waals surface area contributed by atoms with Crippen molar-refractivity contribution in [1.29, 1.82) is 0 Å². The molecule has 0 fully saturated rings. The van der Waals surface area contributed by atoms with E-state index in [0.29, 0.717) is 0 Å². The van der Waals surface area contributed by atoms with Gasteiger partial charge in [-0.25, -0.2) is 0 Å². The Labute approximate surface area is 52.2 Å². The number of hydrogen-bond donors (Lipinski definition) is 0. The average molecular weight is 177 g/mol. The third-order valence-corrected chi connectivity index (χ3v) is 0. The molecule has 0 aromatic heterocycles. The summed E-state index contributed by atoms with van der Waals surface area (Å²) >= 11 is 0. The van der Waals surface area contributed by atoms with Crippen LogP contribution in [0.15, 0.2) is 0 Å². The second-order valence-corrected chi connectivity index (χ2v) is 0. The first-order chi connectivity index (χ1) is 0. The molecule has 0 aliphatic heterocycles. The van der Waals surface area contributed by atoms with Gasteiger partial charge in [-0.1, -0.05) is 0 Å². The van der Waals surface area contributed by atoms with Gasteiger partial charge in [-0.3, -0.25) is 0 Å². The van der Waals surface area contributed by atoms with Crippen molar-refractivity contribution in [3.8, 4) is 0 Å². The van der Waals surface area contributed by atoms with Gasteiger partial charge in [-0.05, 0) is 0 Å². The van der Waals surface area contributed by atoms with Gasteiger partial charge in [0.2, 0.25) is 0 Å². The van der Waals surface area contributed by atoms with Crippen LogP contribution in [0.25, 0.3) is 24.6 Å². The van der Waals surface area contributed by atoms with E-state index >= 15 is 0 Å². The van der Waals surface area contributed by atoms with Crippen LogP contribution in [0.3, 0.4) is 0 Å². The topological polar surface area (TPSA) is 134 Å². The Morgan fingerprint density at radius 3 is 0.400 bits per heavy atom. The molecule has 0 spiro atoms. The SMILES string of the molecule is [Cd].[NH2-].[NH2-].[NH2-].[NH2-]. The predicted molar refractivity (Wildman–Crippen MR) is 21.1 cm³/mol. The maximum atomic E-state index is 0. The summed E-state index contributed by atoms with van der Waals surface area (Å²) in [6.07, 6.45) is 0. The van der Waals surface area contributed by atoms with Crippen molar-refractivity contribution in [2.24, 2.45) is 0 Å². The molecular formula is H8CdN4-4. The fourth-order valence-corrected chi connectivity index (χ4v) is 0. The van der Waals surface area contributed by atoms with Crippen LogP contribution in [-0.4, -0.2) is 0 Å². The van der Waals surface area contributed by atoms with Gasteiger partial charge >= 0.3 is 0 Å². The quantitative estimate of drug-likeness (QED) is 0.502. The summed E-state index contributed by atoms with van der Waals surface area (Å²) in [4.78, 5) is 0. The molecule has 0 aromatic carbocycles. The van der Waals surface area contributed by atoms with Crippen LogP contribution < -0.4 is 0 Å². The Morgan fingerprint density at radius 2 is 0.400 bits per heavy atom. The van der Waals surface area contributed by atoms with Crippen LogP contribution in [0, 0.1) is 0 Å². The van der Waals surface area contributed by atoms with Crippen molar-refractivity contribution in [3.05, 3.63) is 24.6 Å². The van der Waals surface area contributed by atoms with E-state index in [-0.39, 0.29) is 51.9 Å². The molecule has 5 heteroatoms. The second-order valence-electron chi connectivity index (χ2n) is 0. The molecule has 4 nitrogen and oxygen atoms in total. The van der Waals surface area contributed by atoms with Gasteiger partial charge in [0.25, 0.3) is 0 Å². The Hall–Kier alpha value is 0.762. The van der Waals surface area contributed by atoms with Crippen LogP contribution in [0.4, 0.5) is 0 Å². The summed E-state index contributed by atoms with van der Waals surface area (Å²) < 4.78 is 0. The largest absolute Gasteiger partial charge is 0.693 e. The van der Waals surface area contributed by atoms with Gasteiger partial charge in [0.05, 0.1) is 0 Å². The van der Waals surface area contributed by atoms with Crippen molar-refractivity contribution in [2.75, 3.05) is 0 Å². The van der Waals surface area contributed by atoms with E-state index in [1.807, 2.05) is 0 Å². The summed E-state index contributed by atoms with van der Waals surface area (Å²) in [5.74, 6) is 0. The molecule has 0 rings (SSSR count). The van der Waals surface area contributed by atoms with Crippen LogP contribution in [0.1, 0.15) is 0 Å². The van der Waals surface area contributed by atoms with Crippen molar-refractivity contribution in [2.45, 2.75) is 0 Å². The Morgan fingerprint density at radius 1 is 0.400 bits per heavy atom. The molecule has 0 heterocycles. The average Bonchev–Trinajstić information content (AvgIpc) is 0. The third-order valence-electron chi connectivity index (χ3n) is 0. The Balaban J connectivity index is 0. The Bertz CT molecular complexity index is 3.61. The summed E-state index contributed by atoms with van der Waals surface area (Å²) in [6, 6.07) is 0. The minimum Gasteiger partial charge on any atom is -0.693 e. The molecule has 0 amide bonds. The summed E-state index contributed by atoms with van der Waals surface area (Å²) in [6.45, 7) is 0. The molecule has 0 aliphatic carbocycles. The van der Waals surface area contributed by atoms with Gasteiger partial charge < -0.3 is 24.6 Å². The molecule has 0 atom stereocenters. The van der Waals surface area contributed by atoms with Gasteiger partial charge in [0, 0.05) is 27.3 Å². The molecule has 0 bridgehead atoms. The molecule has 0 aromatic rings. The Kier molecular flexibility index (Phi) is 5220. The van der Waals surface area contributed by atoms with Crippen molar-refractivity contribution in [1.82, 2.24) is 0 Å². The first kappa shape index (κ1) is 225. The van der Waals surface area contributed by atoms with Crippen LogP contribution in [-0.2, 0) is 27.3 Å². The van der Waals surface area contributed by atoms with E-state index in [1.165, 1.54) is 0 Å². The maximum absolute atomic E-state index is 0. The monoisotopic (exact) mass is 178 g/mol. The van der Waals surface area contributed by atoms with Gasteiger partial charge in [0.15, 0.2) is 0 Å². The van der Waals surface area contributed by atoms with Gasteiger partial charge in [-0.2, -0.15) is 0 Å².